The second-order valence-corrected chi connectivity index (χ2v) is 4.89. The summed E-state index contributed by atoms with van der Waals surface area (Å²) in [4.78, 5) is 0. The molecule has 2 saturated carbocycles. The fourth-order valence-corrected chi connectivity index (χ4v) is 3.42. The number of fused-ring (bicyclic) bond motifs is 2. The highest BCUT2D eigenvalue weighted by Crippen LogP contribution is 2.60. The van der Waals surface area contributed by atoms with Gasteiger partial charge in [-0.05, 0) is 36.0 Å². The van der Waals surface area contributed by atoms with Gasteiger partial charge in [-0.3, -0.25) is 0 Å². The van der Waals surface area contributed by atoms with Gasteiger partial charge in [0.15, 0.2) is 0 Å². The molecule has 5 atom stereocenters. The summed E-state index contributed by atoms with van der Waals surface area (Å²) < 4.78 is 0. The molecule has 2 aliphatic carbocycles. The molecule has 1 N–H and O–H groups in total. The number of rotatable bonds is 0. The molecule has 2 aliphatic rings. The lowest BCUT2D eigenvalue weighted by Gasteiger charge is -2.31. The Morgan fingerprint density at radius 3 is 2.27 bits per heavy atom. The topological polar surface area (TPSA) is 20.2 Å². The second kappa shape index (κ2) is 2.01. The Labute approximate surface area is 68.8 Å². The van der Waals surface area contributed by atoms with E-state index in [2.05, 4.69) is 20.8 Å². The molecule has 0 aliphatic heterocycles. The highest BCUT2D eigenvalue weighted by atomic mass is 16.3. The van der Waals surface area contributed by atoms with E-state index < -0.39 is 0 Å². The largest absolute Gasteiger partial charge is 0.393 e. The van der Waals surface area contributed by atoms with Gasteiger partial charge in [0.25, 0.3) is 0 Å². The quantitative estimate of drug-likeness (QED) is 0.566. The normalized spacial score (nSPS) is 62.2. The molecule has 0 saturated heterocycles. The summed E-state index contributed by atoms with van der Waals surface area (Å²) in [7, 11) is 0. The van der Waals surface area contributed by atoms with E-state index >= 15 is 0 Å². The Morgan fingerprint density at radius 1 is 1.36 bits per heavy atom. The van der Waals surface area contributed by atoms with E-state index in [9.17, 15) is 5.11 Å². The van der Waals surface area contributed by atoms with Crippen molar-refractivity contribution < 1.29 is 5.11 Å². The van der Waals surface area contributed by atoms with Crippen LogP contribution in [0.15, 0.2) is 0 Å². The van der Waals surface area contributed by atoms with Gasteiger partial charge in [-0.25, -0.2) is 0 Å². The van der Waals surface area contributed by atoms with Gasteiger partial charge in [-0.1, -0.05) is 20.8 Å². The van der Waals surface area contributed by atoms with Crippen LogP contribution >= 0.6 is 0 Å². The van der Waals surface area contributed by atoms with Gasteiger partial charge in [0, 0.05) is 0 Å². The van der Waals surface area contributed by atoms with E-state index in [4.69, 9.17) is 0 Å². The van der Waals surface area contributed by atoms with E-state index in [1.807, 2.05) is 0 Å². The van der Waals surface area contributed by atoms with E-state index in [-0.39, 0.29) is 11.5 Å². The summed E-state index contributed by atoms with van der Waals surface area (Å²) in [6.07, 6.45) is 2.28. The van der Waals surface area contributed by atoms with Crippen molar-refractivity contribution in [3.05, 3.63) is 0 Å². The van der Waals surface area contributed by atoms with E-state index in [0.717, 1.165) is 24.2 Å². The monoisotopic (exact) mass is 154 g/mol. The third kappa shape index (κ3) is 0.752. The Kier molecular flexibility index (Phi) is 1.39. The van der Waals surface area contributed by atoms with Crippen molar-refractivity contribution in [2.45, 2.75) is 39.7 Å². The van der Waals surface area contributed by atoms with Crippen molar-refractivity contribution in [3.63, 3.8) is 0 Å². The van der Waals surface area contributed by atoms with Crippen LogP contribution in [0.4, 0.5) is 0 Å². The third-order valence-corrected chi connectivity index (χ3v) is 4.43. The first-order chi connectivity index (χ1) is 5.05. The first kappa shape index (κ1) is 7.60. The van der Waals surface area contributed by atoms with Crippen molar-refractivity contribution in [1.29, 1.82) is 0 Å². The van der Waals surface area contributed by atoms with Crippen LogP contribution in [-0.4, -0.2) is 11.2 Å². The first-order valence-corrected chi connectivity index (χ1v) is 4.74. The summed E-state index contributed by atoms with van der Waals surface area (Å²) in [5.41, 5.74) is 0.254. The van der Waals surface area contributed by atoms with Crippen molar-refractivity contribution in [2.75, 3.05) is 0 Å². The number of aliphatic hydroxyl groups excluding tert-OH is 1. The van der Waals surface area contributed by atoms with Gasteiger partial charge in [-0.15, -0.1) is 0 Å². The van der Waals surface area contributed by atoms with Gasteiger partial charge in [0.2, 0.25) is 0 Å². The lowest BCUT2D eigenvalue weighted by molar-refractivity contribution is 0.0306. The smallest absolute Gasteiger partial charge is 0.0599 e. The standard InChI is InChI=1S/C10H18O/c1-6-5-10(3)7(2)8(6)4-9(10)11/h6-9,11H,4-5H2,1-3H3. The zero-order chi connectivity index (χ0) is 8.22. The molecular formula is C10H18O. The van der Waals surface area contributed by atoms with Crippen LogP contribution < -0.4 is 0 Å². The lowest BCUT2D eigenvalue weighted by Crippen LogP contribution is -2.30. The number of hydrogen-bond acceptors (Lipinski definition) is 1. The number of aliphatic hydroxyl groups is 1. The molecule has 0 aromatic rings. The SMILES string of the molecule is CC1CC2(C)C(O)CC1C2C. The Bertz CT molecular complexity index is 178. The highest BCUT2D eigenvalue weighted by molar-refractivity contribution is 5.06. The number of hydrogen-bond donors (Lipinski definition) is 1. The zero-order valence-corrected chi connectivity index (χ0v) is 7.67. The maximum atomic E-state index is 9.77. The molecule has 0 radical (unpaired) electrons. The molecular weight excluding hydrogens is 136 g/mol. The van der Waals surface area contributed by atoms with Gasteiger partial charge in [0.05, 0.1) is 6.10 Å². The molecule has 0 spiro atoms. The van der Waals surface area contributed by atoms with Crippen LogP contribution in [0, 0.1) is 23.2 Å². The Balaban J connectivity index is 2.30. The summed E-state index contributed by atoms with van der Waals surface area (Å²) >= 11 is 0. The highest BCUT2D eigenvalue weighted by Gasteiger charge is 2.56. The average Bonchev–Trinajstić information content (AvgIpc) is 2.23. The Morgan fingerprint density at radius 2 is 2.00 bits per heavy atom. The van der Waals surface area contributed by atoms with Crippen LogP contribution in [0.2, 0.25) is 0 Å². The summed E-state index contributed by atoms with van der Waals surface area (Å²) in [6, 6.07) is 0. The molecule has 2 fully saturated rings. The van der Waals surface area contributed by atoms with Crippen LogP contribution in [0.5, 0.6) is 0 Å². The maximum Gasteiger partial charge on any atom is 0.0599 e. The van der Waals surface area contributed by atoms with Crippen LogP contribution in [0.3, 0.4) is 0 Å². The molecule has 64 valence electrons. The van der Waals surface area contributed by atoms with Gasteiger partial charge < -0.3 is 5.11 Å². The Hall–Kier alpha value is -0.0400. The molecule has 0 heterocycles. The summed E-state index contributed by atoms with van der Waals surface area (Å²) in [6.45, 7) is 6.90. The van der Waals surface area contributed by atoms with Crippen molar-refractivity contribution in [3.8, 4) is 0 Å². The molecule has 2 rings (SSSR count). The summed E-state index contributed by atoms with van der Waals surface area (Å²) in [5, 5.41) is 9.77. The first-order valence-electron chi connectivity index (χ1n) is 4.74. The minimum absolute atomic E-state index is 0.0151. The predicted molar refractivity (Wildman–Crippen MR) is 45.2 cm³/mol. The minimum Gasteiger partial charge on any atom is -0.393 e. The minimum atomic E-state index is -0.0151. The predicted octanol–water partition coefficient (Wildman–Crippen LogP) is 2.05. The third-order valence-electron chi connectivity index (χ3n) is 4.43. The summed E-state index contributed by atoms with van der Waals surface area (Å²) in [5.74, 6) is 2.39. The average molecular weight is 154 g/mol. The fraction of sp³-hybridized carbons (Fsp3) is 1.00. The lowest BCUT2D eigenvalue weighted by atomic mass is 9.78. The van der Waals surface area contributed by atoms with Crippen molar-refractivity contribution >= 4 is 0 Å². The van der Waals surface area contributed by atoms with E-state index in [0.29, 0.717) is 0 Å². The van der Waals surface area contributed by atoms with Crippen LogP contribution in [0.25, 0.3) is 0 Å². The second-order valence-electron chi connectivity index (χ2n) is 4.89. The van der Waals surface area contributed by atoms with Crippen molar-refractivity contribution in [2.24, 2.45) is 23.2 Å². The fourth-order valence-electron chi connectivity index (χ4n) is 3.42. The molecule has 1 nitrogen and oxygen atoms in total. The maximum absolute atomic E-state index is 9.77. The molecule has 5 unspecified atom stereocenters. The van der Waals surface area contributed by atoms with E-state index in [1.165, 1.54) is 6.42 Å². The van der Waals surface area contributed by atoms with Crippen LogP contribution in [0.1, 0.15) is 33.6 Å². The van der Waals surface area contributed by atoms with Gasteiger partial charge in [0.1, 0.15) is 0 Å². The molecule has 0 amide bonds. The molecule has 0 aromatic heterocycles. The molecule has 11 heavy (non-hydrogen) atoms. The van der Waals surface area contributed by atoms with Crippen molar-refractivity contribution in [1.82, 2.24) is 0 Å². The van der Waals surface area contributed by atoms with Gasteiger partial charge in [-0.2, -0.15) is 0 Å². The van der Waals surface area contributed by atoms with E-state index in [1.54, 1.807) is 0 Å². The van der Waals surface area contributed by atoms with Gasteiger partial charge >= 0.3 is 0 Å². The molecule has 2 bridgehead atoms. The van der Waals surface area contributed by atoms with Crippen LogP contribution in [-0.2, 0) is 0 Å². The zero-order valence-electron chi connectivity index (χ0n) is 7.67. The molecule has 1 heteroatoms. The molecule has 0 aromatic carbocycles.